The lowest BCUT2D eigenvalue weighted by Gasteiger charge is -2.13. The summed E-state index contributed by atoms with van der Waals surface area (Å²) in [5.41, 5.74) is 0.203. The van der Waals surface area contributed by atoms with Crippen LogP contribution in [-0.2, 0) is 0 Å². The van der Waals surface area contributed by atoms with Crippen LogP contribution in [0.15, 0.2) is 39.7 Å². The fourth-order valence-corrected chi connectivity index (χ4v) is 1.99. The van der Waals surface area contributed by atoms with Crippen molar-refractivity contribution in [2.24, 2.45) is 0 Å². The zero-order valence-corrected chi connectivity index (χ0v) is 12.1. The van der Waals surface area contributed by atoms with Gasteiger partial charge in [-0.2, -0.15) is 0 Å². The molecule has 0 saturated carbocycles. The number of hydrogen-bond donors (Lipinski definition) is 3. The Morgan fingerprint density at radius 3 is 2.81 bits per heavy atom. The second-order valence-electron chi connectivity index (χ2n) is 4.76. The maximum atomic E-state index is 12.0. The molecule has 0 aliphatic rings. The predicted molar refractivity (Wildman–Crippen MR) is 80.2 cm³/mol. The summed E-state index contributed by atoms with van der Waals surface area (Å²) in [6.07, 6.45) is 1.52. The van der Waals surface area contributed by atoms with Gasteiger partial charge in [-0.05, 0) is 37.7 Å². The van der Waals surface area contributed by atoms with Crippen molar-refractivity contribution in [3.8, 4) is 11.5 Å². The standard InChI is InChI=1S/C15H19N3O3/c1-3-16-10(2)9-17-14(19)11-6-7-12(18-15(11)20)13-5-4-8-21-13/h4-8,10,16H,3,9H2,1-2H3,(H,17,19)(H,18,20)/t10-/m1/s1. The highest BCUT2D eigenvalue weighted by atomic mass is 16.3. The normalized spacial score (nSPS) is 12.1. The molecule has 112 valence electrons. The summed E-state index contributed by atoms with van der Waals surface area (Å²) in [5, 5.41) is 5.92. The number of furan rings is 1. The fraction of sp³-hybridized carbons (Fsp3) is 0.333. The average Bonchev–Trinajstić information content (AvgIpc) is 2.99. The Bertz CT molecular complexity index is 646. The maximum absolute atomic E-state index is 12.0. The Labute approximate surface area is 122 Å². The lowest BCUT2D eigenvalue weighted by atomic mass is 10.2. The van der Waals surface area contributed by atoms with Crippen molar-refractivity contribution >= 4 is 5.91 Å². The molecule has 2 rings (SSSR count). The molecule has 6 nitrogen and oxygen atoms in total. The van der Waals surface area contributed by atoms with E-state index in [-0.39, 0.29) is 17.5 Å². The molecule has 21 heavy (non-hydrogen) atoms. The summed E-state index contributed by atoms with van der Waals surface area (Å²) in [5.74, 6) is 0.173. The lowest BCUT2D eigenvalue weighted by molar-refractivity contribution is 0.0948. The topological polar surface area (TPSA) is 87.1 Å². The quantitative estimate of drug-likeness (QED) is 0.749. The van der Waals surface area contributed by atoms with Crippen LogP contribution in [0.25, 0.3) is 11.5 Å². The molecule has 0 unspecified atom stereocenters. The molecule has 0 fully saturated rings. The SMILES string of the molecule is CCN[C@H](C)CNC(=O)c1ccc(-c2ccco2)[nH]c1=O. The van der Waals surface area contributed by atoms with E-state index in [0.29, 0.717) is 18.0 Å². The van der Waals surface area contributed by atoms with Crippen LogP contribution in [0.1, 0.15) is 24.2 Å². The zero-order chi connectivity index (χ0) is 15.2. The summed E-state index contributed by atoms with van der Waals surface area (Å²) in [7, 11) is 0. The van der Waals surface area contributed by atoms with E-state index in [1.807, 2.05) is 13.8 Å². The number of aromatic nitrogens is 1. The van der Waals surface area contributed by atoms with Crippen molar-refractivity contribution in [3.05, 3.63) is 46.4 Å². The van der Waals surface area contributed by atoms with Crippen molar-refractivity contribution < 1.29 is 9.21 Å². The van der Waals surface area contributed by atoms with Crippen LogP contribution in [0.2, 0.25) is 0 Å². The molecular weight excluding hydrogens is 270 g/mol. The number of carbonyl (C=O) groups is 1. The van der Waals surface area contributed by atoms with Gasteiger partial charge in [0.2, 0.25) is 0 Å². The van der Waals surface area contributed by atoms with Gasteiger partial charge in [0.1, 0.15) is 11.3 Å². The molecule has 6 heteroatoms. The van der Waals surface area contributed by atoms with Crippen molar-refractivity contribution in [2.75, 3.05) is 13.1 Å². The molecule has 2 aromatic rings. The van der Waals surface area contributed by atoms with Gasteiger partial charge in [0, 0.05) is 12.6 Å². The first kappa shape index (κ1) is 15.1. The highest BCUT2D eigenvalue weighted by Gasteiger charge is 2.12. The molecular formula is C15H19N3O3. The first-order valence-corrected chi connectivity index (χ1v) is 6.90. The zero-order valence-electron chi connectivity index (χ0n) is 12.1. The number of rotatable bonds is 6. The van der Waals surface area contributed by atoms with E-state index in [2.05, 4.69) is 15.6 Å². The molecule has 2 heterocycles. The predicted octanol–water partition coefficient (Wildman–Crippen LogP) is 1.36. The third kappa shape index (κ3) is 3.82. The van der Waals surface area contributed by atoms with Crippen LogP contribution in [0.3, 0.4) is 0 Å². The third-order valence-corrected chi connectivity index (χ3v) is 3.06. The number of aromatic amines is 1. The van der Waals surface area contributed by atoms with Crippen molar-refractivity contribution in [1.29, 1.82) is 0 Å². The van der Waals surface area contributed by atoms with E-state index in [4.69, 9.17) is 4.42 Å². The molecule has 0 aliphatic heterocycles. The number of likely N-dealkylation sites (N-methyl/N-ethyl adjacent to an activating group) is 1. The Balaban J connectivity index is 2.07. The van der Waals surface area contributed by atoms with E-state index in [1.165, 1.54) is 12.3 Å². The summed E-state index contributed by atoms with van der Waals surface area (Å²) in [6.45, 7) is 5.26. The van der Waals surface area contributed by atoms with Crippen LogP contribution >= 0.6 is 0 Å². The Morgan fingerprint density at radius 2 is 2.19 bits per heavy atom. The van der Waals surface area contributed by atoms with Gasteiger partial charge in [-0.3, -0.25) is 9.59 Å². The number of carbonyl (C=O) groups excluding carboxylic acids is 1. The largest absolute Gasteiger partial charge is 0.463 e. The summed E-state index contributed by atoms with van der Waals surface area (Å²) in [6, 6.07) is 6.78. The number of hydrogen-bond acceptors (Lipinski definition) is 4. The van der Waals surface area contributed by atoms with Crippen LogP contribution in [0, 0.1) is 0 Å². The number of H-pyrrole nitrogens is 1. The monoisotopic (exact) mass is 289 g/mol. The molecule has 0 radical (unpaired) electrons. The summed E-state index contributed by atoms with van der Waals surface area (Å²) in [4.78, 5) is 26.6. The molecule has 1 atom stereocenters. The van der Waals surface area contributed by atoms with Crippen molar-refractivity contribution in [3.63, 3.8) is 0 Å². The molecule has 0 saturated heterocycles. The van der Waals surface area contributed by atoms with Gasteiger partial charge < -0.3 is 20.0 Å². The van der Waals surface area contributed by atoms with Crippen LogP contribution in [0.4, 0.5) is 0 Å². The van der Waals surface area contributed by atoms with E-state index >= 15 is 0 Å². The smallest absolute Gasteiger partial charge is 0.261 e. The summed E-state index contributed by atoms with van der Waals surface area (Å²) < 4.78 is 5.20. The molecule has 0 bridgehead atoms. The van der Waals surface area contributed by atoms with E-state index < -0.39 is 5.56 Å². The first-order valence-electron chi connectivity index (χ1n) is 6.90. The maximum Gasteiger partial charge on any atom is 0.261 e. The van der Waals surface area contributed by atoms with Crippen LogP contribution < -0.4 is 16.2 Å². The second kappa shape index (κ2) is 6.90. The van der Waals surface area contributed by atoms with Gasteiger partial charge in [0.15, 0.2) is 0 Å². The fourth-order valence-electron chi connectivity index (χ4n) is 1.99. The number of pyridine rings is 1. The minimum atomic E-state index is -0.433. The summed E-state index contributed by atoms with van der Waals surface area (Å²) >= 11 is 0. The first-order chi connectivity index (χ1) is 10.1. The van der Waals surface area contributed by atoms with Crippen molar-refractivity contribution in [2.45, 2.75) is 19.9 Å². The van der Waals surface area contributed by atoms with E-state index in [1.54, 1.807) is 18.2 Å². The lowest BCUT2D eigenvalue weighted by Crippen LogP contribution is -2.40. The number of nitrogens with one attached hydrogen (secondary N) is 3. The van der Waals surface area contributed by atoms with Gasteiger partial charge in [-0.25, -0.2) is 0 Å². The Kier molecular flexibility index (Phi) is 4.94. The van der Waals surface area contributed by atoms with Gasteiger partial charge in [-0.15, -0.1) is 0 Å². The minimum Gasteiger partial charge on any atom is -0.463 e. The van der Waals surface area contributed by atoms with E-state index in [9.17, 15) is 9.59 Å². The van der Waals surface area contributed by atoms with Gasteiger partial charge in [0.05, 0.1) is 12.0 Å². The highest BCUT2D eigenvalue weighted by molar-refractivity contribution is 5.94. The third-order valence-electron chi connectivity index (χ3n) is 3.06. The Hall–Kier alpha value is -2.34. The van der Waals surface area contributed by atoms with Gasteiger partial charge in [-0.1, -0.05) is 6.92 Å². The second-order valence-corrected chi connectivity index (χ2v) is 4.76. The van der Waals surface area contributed by atoms with E-state index in [0.717, 1.165) is 6.54 Å². The average molecular weight is 289 g/mol. The van der Waals surface area contributed by atoms with Crippen LogP contribution in [-0.4, -0.2) is 30.0 Å². The molecule has 2 aromatic heterocycles. The van der Waals surface area contributed by atoms with Gasteiger partial charge >= 0.3 is 0 Å². The molecule has 0 spiro atoms. The minimum absolute atomic E-state index is 0.0917. The molecule has 3 N–H and O–H groups in total. The Morgan fingerprint density at radius 1 is 1.38 bits per heavy atom. The molecule has 0 aromatic carbocycles. The van der Waals surface area contributed by atoms with Crippen molar-refractivity contribution in [1.82, 2.24) is 15.6 Å². The number of amides is 1. The van der Waals surface area contributed by atoms with Gasteiger partial charge in [0.25, 0.3) is 11.5 Å². The molecule has 1 amide bonds. The van der Waals surface area contributed by atoms with Crippen LogP contribution in [0.5, 0.6) is 0 Å². The highest BCUT2D eigenvalue weighted by Crippen LogP contribution is 2.15. The molecule has 0 aliphatic carbocycles.